The van der Waals surface area contributed by atoms with E-state index in [0.29, 0.717) is 6.54 Å². The van der Waals surface area contributed by atoms with Crippen molar-refractivity contribution in [3.8, 4) is 0 Å². The van der Waals surface area contributed by atoms with E-state index >= 15 is 0 Å². The minimum atomic E-state index is 0.213. The van der Waals surface area contributed by atoms with Gasteiger partial charge in [-0.3, -0.25) is 4.68 Å². The van der Waals surface area contributed by atoms with Crippen molar-refractivity contribution in [2.75, 3.05) is 19.7 Å². The van der Waals surface area contributed by atoms with Gasteiger partial charge in [-0.15, -0.1) is 0 Å². The van der Waals surface area contributed by atoms with Crippen LogP contribution < -0.4 is 5.32 Å². The molecule has 0 aliphatic rings. The number of hydrogen-bond donors (Lipinski definition) is 2. The van der Waals surface area contributed by atoms with Crippen LogP contribution in [0, 0.1) is 13.8 Å². The predicted octanol–water partition coefficient (Wildman–Crippen LogP) is 0.551. The number of rotatable bonds is 6. The normalized spacial score (nSPS) is 10.9. The summed E-state index contributed by atoms with van der Waals surface area (Å²) in [6.07, 6.45) is 2.15. The van der Waals surface area contributed by atoms with Gasteiger partial charge in [-0.1, -0.05) is 0 Å². The second kappa shape index (κ2) is 5.88. The highest BCUT2D eigenvalue weighted by Crippen LogP contribution is 2.13. The standard InChI is InChI=1S/C11H21N3O/c1-9-11(10(2)14(3)13-9)5-4-6-12-7-8-15/h12,15H,4-8H2,1-3H3. The van der Waals surface area contributed by atoms with E-state index in [1.807, 2.05) is 11.7 Å². The van der Waals surface area contributed by atoms with Gasteiger partial charge in [-0.2, -0.15) is 5.10 Å². The maximum Gasteiger partial charge on any atom is 0.0628 e. The lowest BCUT2D eigenvalue weighted by atomic mass is 10.1. The van der Waals surface area contributed by atoms with Crippen LogP contribution in [0.3, 0.4) is 0 Å². The average molecular weight is 211 g/mol. The van der Waals surface area contributed by atoms with E-state index in [0.717, 1.165) is 25.1 Å². The van der Waals surface area contributed by atoms with Crippen LogP contribution in [0.25, 0.3) is 0 Å². The van der Waals surface area contributed by atoms with E-state index in [2.05, 4.69) is 24.3 Å². The number of hydrogen-bond acceptors (Lipinski definition) is 3. The molecule has 0 saturated carbocycles. The van der Waals surface area contributed by atoms with E-state index in [1.165, 1.54) is 11.3 Å². The zero-order valence-electron chi connectivity index (χ0n) is 9.88. The van der Waals surface area contributed by atoms with Crippen LogP contribution in [-0.4, -0.2) is 34.6 Å². The van der Waals surface area contributed by atoms with E-state index in [9.17, 15) is 0 Å². The van der Waals surface area contributed by atoms with Gasteiger partial charge in [0.2, 0.25) is 0 Å². The maximum atomic E-state index is 8.60. The number of nitrogens with zero attached hydrogens (tertiary/aromatic N) is 2. The Morgan fingerprint density at radius 1 is 1.33 bits per heavy atom. The Balaban J connectivity index is 2.37. The first-order chi connectivity index (χ1) is 7.16. The van der Waals surface area contributed by atoms with Gasteiger partial charge in [0.1, 0.15) is 0 Å². The molecule has 0 aromatic carbocycles. The smallest absolute Gasteiger partial charge is 0.0628 e. The molecule has 0 bridgehead atoms. The zero-order valence-corrected chi connectivity index (χ0v) is 9.88. The molecule has 0 atom stereocenters. The summed E-state index contributed by atoms with van der Waals surface area (Å²) in [5.41, 5.74) is 3.76. The molecule has 1 aromatic rings. The van der Waals surface area contributed by atoms with Gasteiger partial charge in [0.25, 0.3) is 0 Å². The van der Waals surface area contributed by atoms with Gasteiger partial charge in [-0.25, -0.2) is 0 Å². The molecule has 0 aliphatic carbocycles. The third-order valence-electron chi connectivity index (χ3n) is 2.73. The van der Waals surface area contributed by atoms with Crippen LogP contribution in [0.2, 0.25) is 0 Å². The molecule has 86 valence electrons. The highest BCUT2D eigenvalue weighted by atomic mass is 16.3. The number of aryl methyl sites for hydroxylation is 2. The number of aliphatic hydroxyl groups is 1. The predicted molar refractivity (Wildman–Crippen MR) is 61.0 cm³/mol. The molecule has 0 spiro atoms. The molecule has 1 aromatic heterocycles. The van der Waals surface area contributed by atoms with Crippen LogP contribution in [0.1, 0.15) is 23.4 Å². The molecule has 0 aliphatic heterocycles. The SMILES string of the molecule is Cc1nn(C)c(C)c1CCCNCCO. The Hall–Kier alpha value is -0.870. The molecule has 4 heteroatoms. The molecule has 0 radical (unpaired) electrons. The second-order valence-corrected chi connectivity index (χ2v) is 3.85. The Morgan fingerprint density at radius 3 is 2.60 bits per heavy atom. The summed E-state index contributed by atoms with van der Waals surface area (Å²) in [5, 5.41) is 16.2. The third-order valence-corrected chi connectivity index (χ3v) is 2.73. The summed E-state index contributed by atoms with van der Waals surface area (Å²) in [5.74, 6) is 0. The topological polar surface area (TPSA) is 50.1 Å². The molecule has 2 N–H and O–H groups in total. The van der Waals surface area contributed by atoms with Crippen LogP contribution in [0.4, 0.5) is 0 Å². The highest BCUT2D eigenvalue weighted by molar-refractivity contribution is 5.24. The molecule has 4 nitrogen and oxygen atoms in total. The summed E-state index contributed by atoms with van der Waals surface area (Å²) in [4.78, 5) is 0. The average Bonchev–Trinajstić information content (AvgIpc) is 2.44. The second-order valence-electron chi connectivity index (χ2n) is 3.85. The van der Waals surface area contributed by atoms with Crippen molar-refractivity contribution in [1.82, 2.24) is 15.1 Å². The molecular formula is C11H21N3O. The van der Waals surface area contributed by atoms with Crippen molar-refractivity contribution in [2.45, 2.75) is 26.7 Å². The van der Waals surface area contributed by atoms with Crippen molar-refractivity contribution in [3.63, 3.8) is 0 Å². The minimum Gasteiger partial charge on any atom is -0.395 e. The first-order valence-corrected chi connectivity index (χ1v) is 5.47. The van der Waals surface area contributed by atoms with E-state index < -0.39 is 0 Å². The van der Waals surface area contributed by atoms with Gasteiger partial charge in [0, 0.05) is 19.3 Å². The fourth-order valence-corrected chi connectivity index (χ4v) is 1.77. The van der Waals surface area contributed by atoms with Crippen molar-refractivity contribution < 1.29 is 5.11 Å². The first-order valence-electron chi connectivity index (χ1n) is 5.47. The number of aliphatic hydroxyl groups excluding tert-OH is 1. The van der Waals surface area contributed by atoms with Gasteiger partial charge in [0.05, 0.1) is 12.3 Å². The van der Waals surface area contributed by atoms with Crippen molar-refractivity contribution in [2.24, 2.45) is 7.05 Å². The van der Waals surface area contributed by atoms with Crippen LogP contribution in [0.15, 0.2) is 0 Å². The van der Waals surface area contributed by atoms with E-state index in [1.54, 1.807) is 0 Å². The third kappa shape index (κ3) is 3.32. The fraction of sp³-hybridized carbons (Fsp3) is 0.727. The number of aromatic nitrogens is 2. The Kier molecular flexibility index (Phi) is 4.78. The monoisotopic (exact) mass is 211 g/mol. The zero-order chi connectivity index (χ0) is 11.3. The molecule has 0 fully saturated rings. The highest BCUT2D eigenvalue weighted by Gasteiger charge is 2.07. The maximum absolute atomic E-state index is 8.60. The van der Waals surface area contributed by atoms with Crippen molar-refractivity contribution in [1.29, 1.82) is 0 Å². The summed E-state index contributed by atoms with van der Waals surface area (Å²) < 4.78 is 1.94. The summed E-state index contributed by atoms with van der Waals surface area (Å²) in [6, 6.07) is 0. The van der Waals surface area contributed by atoms with Gasteiger partial charge >= 0.3 is 0 Å². The van der Waals surface area contributed by atoms with Gasteiger partial charge in [0.15, 0.2) is 0 Å². The summed E-state index contributed by atoms with van der Waals surface area (Å²) >= 11 is 0. The Bertz CT molecular complexity index is 307. The van der Waals surface area contributed by atoms with E-state index in [4.69, 9.17) is 5.11 Å². The first kappa shape index (κ1) is 12.2. The molecule has 0 saturated heterocycles. The minimum absolute atomic E-state index is 0.213. The molecule has 1 heterocycles. The fourth-order valence-electron chi connectivity index (χ4n) is 1.77. The quantitative estimate of drug-likeness (QED) is 0.676. The van der Waals surface area contributed by atoms with Crippen LogP contribution in [0.5, 0.6) is 0 Å². The Morgan fingerprint density at radius 2 is 2.07 bits per heavy atom. The van der Waals surface area contributed by atoms with Crippen LogP contribution in [-0.2, 0) is 13.5 Å². The lowest BCUT2D eigenvalue weighted by Gasteiger charge is -2.03. The molecule has 0 amide bonds. The summed E-state index contributed by atoms with van der Waals surface area (Å²) in [7, 11) is 1.98. The largest absolute Gasteiger partial charge is 0.395 e. The lowest BCUT2D eigenvalue weighted by molar-refractivity contribution is 0.292. The molecule has 0 unspecified atom stereocenters. The molecular weight excluding hydrogens is 190 g/mol. The van der Waals surface area contributed by atoms with Crippen LogP contribution >= 0.6 is 0 Å². The van der Waals surface area contributed by atoms with Gasteiger partial charge < -0.3 is 10.4 Å². The number of nitrogens with one attached hydrogen (secondary N) is 1. The van der Waals surface area contributed by atoms with Gasteiger partial charge in [-0.05, 0) is 38.8 Å². The lowest BCUT2D eigenvalue weighted by Crippen LogP contribution is -2.19. The Labute approximate surface area is 91.3 Å². The van der Waals surface area contributed by atoms with Crippen molar-refractivity contribution >= 4 is 0 Å². The molecule has 15 heavy (non-hydrogen) atoms. The summed E-state index contributed by atoms with van der Waals surface area (Å²) in [6.45, 7) is 6.02. The van der Waals surface area contributed by atoms with Crippen molar-refractivity contribution in [3.05, 3.63) is 17.0 Å². The van der Waals surface area contributed by atoms with E-state index in [-0.39, 0.29) is 6.61 Å². The molecule has 1 rings (SSSR count).